The van der Waals surface area contributed by atoms with Crippen LogP contribution in [-0.2, 0) is 9.47 Å². The highest BCUT2D eigenvalue weighted by molar-refractivity contribution is 5.88. The molecule has 10 N–H and O–H groups in total. The molecule has 3 aromatic rings. The van der Waals surface area contributed by atoms with Crippen molar-refractivity contribution in [2.24, 2.45) is 0 Å². The van der Waals surface area contributed by atoms with Crippen molar-refractivity contribution in [2.75, 3.05) is 13.2 Å². The smallest absolute Gasteiger partial charge is 0.228 e. The van der Waals surface area contributed by atoms with Crippen molar-refractivity contribution < 1.29 is 69.7 Å². The van der Waals surface area contributed by atoms with Gasteiger partial charge in [0.25, 0.3) is 0 Å². The second-order valence-corrected chi connectivity index (χ2v) is 9.81. The van der Waals surface area contributed by atoms with Crippen LogP contribution in [0.3, 0.4) is 0 Å². The maximum atomic E-state index is 13.2. The van der Waals surface area contributed by atoms with Crippen LogP contribution in [0.25, 0.3) is 22.3 Å². The summed E-state index contributed by atoms with van der Waals surface area (Å²) in [7, 11) is 0. The van der Waals surface area contributed by atoms with E-state index in [1.807, 2.05) is 0 Å². The summed E-state index contributed by atoms with van der Waals surface area (Å²) in [6.45, 7) is -1.26. The topological polar surface area (TPSA) is 260 Å². The molecule has 5 rings (SSSR count). The van der Waals surface area contributed by atoms with Gasteiger partial charge in [-0.3, -0.25) is 4.79 Å². The zero-order chi connectivity index (χ0) is 29.7. The maximum Gasteiger partial charge on any atom is 0.228 e. The fourth-order valence-electron chi connectivity index (χ4n) is 4.83. The number of hydrogen-bond acceptors (Lipinski definition) is 15. The van der Waals surface area contributed by atoms with Crippen LogP contribution in [0.15, 0.2) is 39.5 Å². The summed E-state index contributed by atoms with van der Waals surface area (Å²) < 4.78 is 22.4. The van der Waals surface area contributed by atoms with Gasteiger partial charge in [0, 0.05) is 17.7 Å². The highest BCUT2D eigenvalue weighted by atomic mass is 16.7. The fourth-order valence-corrected chi connectivity index (χ4v) is 4.83. The third kappa shape index (κ3) is 5.07. The minimum absolute atomic E-state index is 0.101. The Balaban J connectivity index is 1.69. The number of benzene rings is 2. The first kappa shape index (κ1) is 29.0. The molecule has 2 aromatic carbocycles. The summed E-state index contributed by atoms with van der Waals surface area (Å²) in [5.41, 5.74) is -1.39. The summed E-state index contributed by atoms with van der Waals surface area (Å²) in [5.74, 6) is -2.30. The lowest BCUT2D eigenvalue weighted by Crippen LogP contribution is -2.56. The average Bonchev–Trinajstić information content (AvgIpc) is 2.94. The van der Waals surface area contributed by atoms with Crippen LogP contribution >= 0.6 is 0 Å². The lowest BCUT2D eigenvalue weighted by atomic mass is 9.89. The predicted octanol–water partition coefficient (Wildman–Crippen LogP) is -2.09. The minimum Gasteiger partial charge on any atom is -0.506 e. The molecule has 2 fully saturated rings. The molecule has 0 bridgehead atoms. The standard InChI is InChI=1S/C26H28O15/c27-6-16-20(33)22(35)23(36)25(40-16)18-15(41-26-24(37)19(32)12(31)7-38-26)5-14-17(21(18)34)11(30)4-13(39-14)8-1-2-9(28)10(29)3-8/h1-5,12,16,19-20,22-29,31-37H,6-7H2/t12-,16?,19+,20-,22+,23?,24?,25+,26+/m1/s1. The Hall–Kier alpha value is -3.51. The van der Waals surface area contributed by atoms with Gasteiger partial charge in [0.05, 0.1) is 18.8 Å². The molecule has 2 aliphatic heterocycles. The number of aliphatic hydroxyl groups is 7. The van der Waals surface area contributed by atoms with Gasteiger partial charge in [-0.2, -0.15) is 0 Å². The first-order chi connectivity index (χ1) is 19.4. The van der Waals surface area contributed by atoms with Gasteiger partial charge in [-0.15, -0.1) is 0 Å². The van der Waals surface area contributed by atoms with E-state index >= 15 is 0 Å². The van der Waals surface area contributed by atoms with Crippen LogP contribution in [0.4, 0.5) is 0 Å². The van der Waals surface area contributed by atoms with Crippen molar-refractivity contribution in [2.45, 2.75) is 55.1 Å². The number of ether oxygens (including phenoxy) is 3. The predicted molar refractivity (Wildman–Crippen MR) is 134 cm³/mol. The van der Waals surface area contributed by atoms with Gasteiger partial charge >= 0.3 is 0 Å². The Morgan fingerprint density at radius 2 is 1.59 bits per heavy atom. The number of fused-ring (bicyclic) bond motifs is 1. The summed E-state index contributed by atoms with van der Waals surface area (Å²) in [6, 6.07) is 5.68. The number of phenolic OH excluding ortho intramolecular Hbond substituents is 3. The van der Waals surface area contributed by atoms with Crippen molar-refractivity contribution in [3.05, 3.63) is 46.1 Å². The van der Waals surface area contributed by atoms with Crippen LogP contribution in [0, 0.1) is 0 Å². The molecule has 2 aliphatic rings. The van der Waals surface area contributed by atoms with Gasteiger partial charge in [-0.05, 0) is 18.2 Å². The average molecular weight is 580 g/mol. The van der Waals surface area contributed by atoms with Gasteiger partial charge < -0.3 is 69.7 Å². The van der Waals surface area contributed by atoms with Crippen molar-refractivity contribution in [1.82, 2.24) is 0 Å². The van der Waals surface area contributed by atoms with Crippen molar-refractivity contribution in [3.63, 3.8) is 0 Å². The van der Waals surface area contributed by atoms with Crippen LogP contribution in [-0.4, -0.2) is 113 Å². The number of aromatic hydroxyl groups is 3. The number of rotatable bonds is 5. The molecule has 3 unspecified atom stereocenters. The minimum atomic E-state index is -1.92. The zero-order valence-corrected chi connectivity index (χ0v) is 21.0. The second-order valence-electron chi connectivity index (χ2n) is 9.81. The molecule has 15 heteroatoms. The van der Waals surface area contributed by atoms with Crippen molar-refractivity contribution >= 4 is 11.0 Å². The van der Waals surface area contributed by atoms with Gasteiger partial charge in [-0.1, -0.05) is 0 Å². The second kappa shape index (κ2) is 11.1. The van der Waals surface area contributed by atoms with Crippen molar-refractivity contribution in [1.29, 1.82) is 0 Å². The SMILES string of the molecule is O=c1cc(-c2ccc(O)c(O)c2)oc2cc(O[C@@H]3OC[C@@H](O)[C@H](O)C3O)c([C@@H]3OC(CO)[C@@H](O)[C@H](O)C3O)c(O)c12. The van der Waals surface area contributed by atoms with E-state index in [9.17, 15) is 55.9 Å². The molecule has 0 amide bonds. The quantitative estimate of drug-likeness (QED) is 0.145. The maximum absolute atomic E-state index is 13.2. The Morgan fingerprint density at radius 3 is 2.27 bits per heavy atom. The van der Waals surface area contributed by atoms with Crippen LogP contribution in [0.5, 0.6) is 23.0 Å². The van der Waals surface area contributed by atoms with Gasteiger partial charge in [-0.25, -0.2) is 0 Å². The number of hydrogen-bond donors (Lipinski definition) is 10. The van der Waals surface area contributed by atoms with Crippen LogP contribution in [0.1, 0.15) is 11.7 Å². The molecule has 9 atom stereocenters. The Morgan fingerprint density at radius 1 is 0.854 bits per heavy atom. The van der Waals surface area contributed by atoms with E-state index in [0.717, 1.165) is 24.3 Å². The zero-order valence-electron chi connectivity index (χ0n) is 21.0. The monoisotopic (exact) mass is 580 g/mol. The molecule has 1 aromatic heterocycles. The summed E-state index contributed by atoms with van der Waals surface area (Å²) in [5, 5.41) is 102. The van der Waals surface area contributed by atoms with E-state index in [4.69, 9.17) is 18.6 Å². The first-order valence-corrected chi connectivity index (χ1v) is 12.4. The molecule has 0 saturated carbocycles. The first-order valence-electron chi connectivity index (χ1n) is 12.4. The summed E-state index contributed by atoms with van der Waals surface area (Å²) in [6.07, 6.45) is -15.3. The Labute approximate surface area is 229 Å². The molecule has 41 heavy (non-hydrogen) atoms. The van der Waals surface area contributed by atoms with E-state index in [2.05, 4.69) is 0 Å². The molecule has 2 saturated heterocycles. The Bertz CT molecular complexity index is 1490. The van der Waals surface area contributed by atoms with Gasteiger partial charge in [0.15, 0.2) is 16.9 Å². The van der Waals surface area contributed by atoms with E-state index in [-0.39, 0.29) is 16.9 Å². The van der Waals surface area contributed by atoms with Crippen molar-refractivity contribution in [3.8, 4) is 34.3 Å². The molecule has 222 valence electrons. The third-order valence-electron chi connectivity index (χ3n) is 7.13. The van der Waals surface area contributed by atoms with Gasteiger partial charge in [0.2, 0.25) is 6.29 Å². The molecule has 0 radical (unpaired) electrons. The van der Waals surface area contributed by atoms with E-state index in [1.54, 1.807) is 0 Å². The third-order valence-corrected chi connectivity index (χ3v) is 7.13. The lowest BCUT2D eigenvalue weighted by Gasteiger charge is -2.41. The molecular weight excluding hydrogens is 552 g/mol. The van der Waals surface area contributed by atoms with E-state index in [0.29, 0.717) is 0 Å². The fraction of sp³-hybridized carbons (Fsp3) is 0.423. The molecule has 15 nitrogen and oxygen atoms in total. The molecule has 3 heterocycles. The van der Waals surface area contributed by atoms with Crippen LogP contribution < -0.4 is 10.2 Å². The summed E-state index contributed by atoms with van der Waals surface area (Å²) >= 11 is 0. The largest absolute Gasteiger partial charge is 0.506 e. The van der Waals surface area contributed by atoms with Crippen LogP contribution in [0.2, 0.25) is 0 Å². The van der Waals surface area contributed by atoms with E-state index in [1.165, 1.54) is 6.07 Å². The molecular formula is C26H28O15. The molecule has 0 aliphatic carbocycles. The van der Waals surface area contributed by atoms with E-state index < -0.39 is 108 Å². The normalized spacial score (nSPS) is 32.2. The number of aliphatic hydroxyl groups excluding tert-OH is 7. The number of phenols is 3. The van der Waals surface area contributed by atoms with Gasteiger partial charge in [0.1, 0.15) is 77.1 Å². The Kier molecular flexibility index (Phi) is 7.82. The summed E-state index contributed by atoms with van der Waals surface area (Å²) in [4.78, 5) is 13.2. The lowest BCUT2D eigenvalue weighted by molar-refractivity contribution is -0.245. The highest BCUT2D eigenvalue weighted by Crippen LogP contribution is 2.46. The highest BCUT2D eigenvalue weighted by Gasteiger charge is 2.47. The molecule has 0 spiro atoms.